The summed E-state index contributed by atoms with van der Waals surface area (Å²) in [4.78, 5) is 0. The molecule has 0 amide bonds. The molecule has 1 aromatic heterocycles. The van der Waals surface area contributed by atoms with Gasteiger partial charge in [-0.2, -0.15) is 4.74 Å². The Morgan fingerprint density at radius 2 is 2.35 bits per heavy atom. The van der Waals surface area contributed by atoms with E-state index in [4.69, 9.17) is 0 Å². The second kappa shape index (κ2) is 3.65. The predicted molar refractivity (Wildman–Crippen MR) is 65.1 cm³/mol. The average molecular weight is 232 g/mol. The highest BCUT2D eigenvalue weighted by Crippen LogP contribution is 2.32. The van der Waals surface area contributed by atoms with E-state index < -0.39 is 0 Å². The number of hydrogen-bond acceptors (Lipinski definition) is 2. The molecular weight excluding hydrogens is 216 g/mol. The molecule has 0 spiro atoms. The van der Waals surface area contributed by atoms with Crippen LogP contribution in [0.2, 0.25) is 0 Å². The van der Waals surface area contributed by atoms with Gasteiger partial charge in [-0.15, -0.1) is 0 Å². The van der Waals surface area contributed by atoms with Crippen LogP contribution in [-0.4, -0.2) is 20.6 Å². The van der Waals surface area contributed by atoms with Gasteiger partial charge in [-0.05, 0) is 38.3 Å². The van der Waals surface area contributed by atoms with Crippen LogP contribution >= 0.6 is 0 Å². The Bertz CT molecular complexity index is 526. The normalized spacial score (nSPS) is 23.2. The fraction of sp³-hybridized carbons (Fsp3) is 0.462. The Morgan fingerprint density at radius 1 is 1.53 bits per heavy atom. The van der Waals surface area contributed by atoms with Gasteiger partial charge in [0.05, 0.1) is 5.92 Å². The maximum Gasteiger partial charge on any atom is 0.204 e. The third-order valence-corrected chi connectivity index (χ3v) is 3.72. The van der Waals surface area contributed by atoms with Gasteiger partial charge in [0.15, 0.2) is 11.6 Å². The summed E-state index contributed by atoms with van der Waals surface area (Å²) < 4.78 is 2.82. The number of allylic oxidation sites excluding steroid dienone is 2. The minimum Gasteiger partial charge on any atom is -0.618 e. The van der Waals surface area contributed by atoms with Crippen LogP contribution in [0.15, 0.2) is 17.8 Å². The number of aromatic nitrogens is 1. The van der Waals surface area contributed by atoms with Crippen molar-refractivity contribution in [2.45, 2.75) is 32.7 Å². The molecule has 0 fully saturated rings. The van der Waals surface area contributed by atoms with Crippen molar-refractivity contribution in [3.05, 3.63) is 34.3 Å². The SMILES string of the molecule is Cc1cc2n(c1O)CC1CCCC=C1[N+]([O-])=C2. The minimum atomic E-state index is 0.233. The topological polar surface area (TPSA) is 51.2 Å². The van der Waals surface area contributed by atoms with Crippen molar-refractivity contribution >= 4 is 6.21 Å². The molecule has 4 nitrogen and oxygen atoms in total. The minimum absolute atomic E-state index is 0.233. The molecule has 0 aromatic carbocycles. The van der Waals surface area contributed by atoms with Crippen LogP contribution in [0.4, 0.5) is 0 Å². The van der Waals surface area contributed by atoms with Crippen molar-refractivity contribution < 1.29 is 9.85 Å². The lowest BCUT2D eigenvalue weighted by Crippen LogP contribution is -2.18. The highest BCUT2D eigenvalue weighted by atomic mass is 16.5. The molecule has 1 unspecified atom stereocenters. The van der Waals surface area contributed by atoms with Crippen molar-refractivity contribution in [1.82, 2.24) is 4.57 Å². The third kappa shape index (κ3) is 1.55. The fourth-order valence-electron chi connectivity index (χ4n) is 2.80. The summed E-state index contributed by atoms with van der Waals surface area (Å²) in [5.41, 5.74) is 2.48. The van der Waals surface area contributed by atoms with Crippen molar-refractivity contribution in [3.8, 4) is 5.88 Å². The molecule has 0 bridgehead atoms. The average Bonchev–Trinajstić information content (AvgIpc) is 2.50. The van der Waals surface area contributed by atoms with E-state index in [1.54, 1.807) is 6.21 Å². The maximum absolute atomic E-state index is 12.0. The molecule has 3 rings (SSSR count). The van der Waals surface area contributed by atoms with Gasteiger partial charge >= 0.3 is 0 Å². The van der Waals surface area contributed by atoms with Gasteiger partial charge in [-0.3, -0.25) is 0 Å². The molecule has 2 aliphatic rings. The number of hydrogen-bond donors (Lipinski definition) is 1. The molecule has 0 saturated carbocycles. The van der Waals surface area contributed by atoms with E-state index in [0.29, 0.717) is 6.54 Å². The van der Waals surface area contributed by atoms with Gasteiger partial charge in [0.2, 0.25) is 6.21 Å². The van der Waals surface area contributed by atoms with Crippen molar-refractivity contribution in [1.29, 1.82) is 0 Å². The van der Waals surface area contributed by atoms with E-state index in [-0.39, 0.29) is 11.8 Å². The molecule has 1 aliphatic carbocycles. The number of fused-ring (bicyclic) bond motifs is 2. The second-order valence-corrected chi connectivity index (χ2v) is 4.90. The van der Waals surface area contributed by atoms with Crippen LogP contribution in [0.5, 0.6) is 5.88 Å². The molecule has 1 aliphatic heterocycles. The Morgan fingerprint density at radius 3 is 3.18 bits per heavy atom. The largest absolute Gasteiger partial charge is 0.618 e. The summed E-state index contributed by atoms with van der Waals surface area (Å²) in [6.45, 7) is 2.56. The summed E-state index contributed by atoms with van der Waals surface area (Å²) in [6.07, 6.45) is 6.74. The first-order chi connectivity index (χ1) is 8.16. The summed E-state index contributed by atoms with van der Waals surface area (Å²) in [6, 6.07) is 1.86. The molecular formula is C13H16N2O2. The van der Waals surface area contributed by atoms with E-state index in [1.165, 1.54) is 0 Å². The van der Waals surface area contributed by atoms with Gasteiger partial charge in [-0.1, -0.05) is 0 Å². The van der Waals surface area contributed by atoms with Crippen LogP contribution in [0, 0.1) is 18.0 Å². The number of nitrogens with zero attached hydrogens (tertiary/aromatic N) is 2. The van der Waals surface area contributed by atoms with E-state index in [9.17, 15) is 10.3 Å². The van der Waals surface area contributed by atoms with Crippen LogP contribution in [0.3, 0.4) is 0 Å². The molecule has 90 valence electrons. The lowest BCUT2D eigenvalue weighted by Gasteiger charge is -2.20. The highest BCUT2D eigenvalue weighted by molar-refractivity contribution is 5.75. The van der Waals surface area contributed by atoms with Gasteiger partial charge < -0.3 is 14.9 Å². The first-order valence-corrected chi connectivity index (χ1v) is 6.07. The summed E-state index contributed by atoms with van der Waals surface area (Å²) >= 11 is 0. The lowest BCUT2D eigenvalue weighted by molar-refractivity contribution is -0.406. The Hall–Kier alpha value is -1.71. The van der Waals surface area contributed by atoms with Gasteiger partial charge in [-0.25, -0.2) is 0 Å². The molecule has 4 heteroatoms. The van der Waals surface area contributed by atoms with Crippen LogP contribution in [0.25, 0.3) is 0 Å². The second-order valence-electron chi connectivity index (χ2n) is 4.90. The zero-order valence-electron chi connectivity index (χ0n) is 9.89. The highest BCUT2D eigenvalue weighted by Gasteiger charge is 2.29. The summed E-state index contributed by atoms with van der Waals surface area (Å²) in [7, 11) is 0. The van der Waals surface area contributed by atoms with Crippen LogP contribution < -0.4 is 0 Å². The lowest BCUT2D eigenvalue weighted by atomic mass is 9.92. The number of aromatic hydroxyl groups is 1. The van der Waals surface area contributed by atoms with Gasteiger partial charge in [0.1, 0.15) is 5.69 Å². The van der Waals surface area contributed by atoms with E-state index in [1.807, 2.05) is 23.6 Å². The number of aryl methyl sites for hydroxylation is 1. The number of hydroxylamine groups is 1. The zero-order valence-corrected chi connectivity index (χ0v) is 9.89. The van der Waals surface area contributed by atoms with E-state index >= 15 is 0 Å². The third-order valence-electron chi connectivity index (χ3n) is 3.72. The monoisotopic (exact) mass is 232 g/mol. The van der Waals surface area contributed by atoms with Gasteiger partial charge in [0.25, 0.3) is 0 Å². The predicted octanol–water partition coefficient (Wildman–Crippen LogP) is 2.13. The molecule has 1 N–H and O–H groups in total. The standard InChI is InChI=1S/C13H16N2O2/c1-9-6-11-8-15(17)12-5-3-2-4-10(12)7-14(11)13(9)16/h5-6,8,10,16H,2-4,7H2,1H3. The van der Waals surface area contributed by atoms with Crippen molar-refractivity contribution in [2.24, 2.45) is 5.92 Å². The maximum atomic E-state index is 12.0. The Labute approximate surface area is 100 Å². The Kier molecular flexibility index (Phi) is 2.24. The molecule has 0 radical (unpaired) electrons. The van der Waals surface area contributed by atoms with E-state index in [2.05, 4.69) is 0 Å². The first kappa shape index (κ1) is 10.4. The summed E-state index contributed by atoms with van der Waals surface area (Å²) in [5, 5.41) is 22.0. The molecule has 0 saturated heterocycles. The Balaban J connectivity index is 2.14. The quantitative estimate of drug-likeness (QED) is 0.550. The molecule has 17 heavy (non-hydrogen) atoms. The number of rotatable bonds is 0. The first-order valence-electron chi connectivity index (χ1n) is 6.07. The summed E-state index contributed by atoms with van der Waals surface area (Å²) in [5.74, 6) is 0.521. The van der Waals surface area contributed by atoms with Crippen LogP contribution in [-0.2, 0) is 6.54 Å². The zero-order chi connectivity index (χ0) is 12.0. The molecule has 1 atom stereocenters. The van der Waals surface area contributed by atoms with Crippen molar-refractivity contribution in [3.63, 3.8) is 0 Å². The van der Waals surface area contributed by atoms with Crippen molar-refractivity contribution in [2.75, 3.05) is 0 Å². The molecule has 1 aromatic rings. The molecule has 2 heterocycles. The smallest absolute Gasteiger partial charge is 0.204 e. The van der Waals surface area contributed by atoms with E-state index in [0.717, 1.165) is 41.0 Å². The van der Waals surface area contributed by atoms with Gasteiger partial charge in [0, 0.05) is 12.1 Å². The van der Waals surface area contributed by atoms with Crippen LogP contribution in [0.1, 0.15) is 30.5 Å². The fourth-order valence-corrected chi connectivity index (χ4v) is 2.80.